The molecule has 1 heterocycles. The molecule has 1 aromatic carbocycles. The van der Waals surface area contributed by atoms with Crippen LogP contribution < -0.4 is 16.0 Å². The highest BCUT2D eigenvalue weighted by Gasteiger charge is 2.29. The molecule has 1 saturated carbocycles. The van der Waals surface area contributed by atoms with Crippen molar-refractivity contribution in [2.45, 2.75) is 44.3 Å². The number of primary amides is 1. The van der Waals surface area contributed by atoms with Gasteiger partial charge in [-0.25, -0.2) is 0 Å². The fourth-order valence-corrected chi connectivity index (χ4v) is 3.28. The van der Waals surface area contributed by atoms with Gasteiger partial charge in [0.1, 0.15) is 6.04 Å². The van der Waals surface area contributed by atoms with E-state index in [-0.39, 0.29) is 11.9 Å². The number of rotatable bonds is 5. The summed E-state index contributed by atoms with van der Waals surface area (Å²) in [4.78, 5) is 13.6. The van der Waals surface area contributed by atoms with E-state index in [1.165, 1.54) is 18.4 Å². The molecule has 4 nitrogen and oxygen atoms in total. The molecule has 1 aromatic rings. The molecule has 0 radical (unpaired) electrons. The Labute approximate surface area is 127 Å². The van der Waals surface area contributed by atoms with E-state index in [0.717, 1.165) is 36.1 Å². The van der Waals surface area contributed by atoms with Crippen LogP contribution in [0.25, 0.3) is 0 Å². The first-order valence-corrected chi connectivity index (χ1v) is 8.02. The summed E-state index contributed by atoms with van der Waals surface area (Å²) in [6.07, 6.45) is 4.47. The summed E-state index contributed by atoms with van der Waals surface area (Å²) in [6.45, 7) is 1.80. The Morgan fingerprint density at radius 2 is 2.20 bits per heavy atom. The first kappa shape index (κ1) is 13.9. The van der Waals surface area contributed by atoms with Gasteiger partial charge in [0, 0.05) is 29.3 Å². The molecule has 1 aliphatic heterocycles. The van der Waals surface area contributed by atoms with Gasteiger partial charge in [-0.3, -0.25) is 4.79 Å². The molecule has 0 aromatic heterocycles. The van der Waals surface area contributed by atoms with E-state index >= 15 is 0 Å². The number of hydrogen-bond donors (Lipinski definition) is 2. The minimum absolute atomic E-state index is 0.155. The number of nitrogens with zero attached hydrogens (tertiary/aromatic N) is 1. The lowest BCUT2D eigenvalue weighted by Gasteiger charge is -2.25. The van der Waals surface area contributed by atoms with Crippen molar-refractivity contribution in [2.75, 3.05) is 11.4 Å². The van der Waals surface area contributed by atoms with E-state index in [0.29, 0.717) is 6.04 Å². The molecule has 0 bridgehead atoms. The number of benzene rings is 1. The van der Waals surface area contributed by atoms with Gasteiger partial charge in [-0.1, -0.05) is 22.0 Å². The monoisotopic (exact) mass is 337 g/mol. The van der Waals surface area contributed by atoms with Gasteiger partial charge in [0.15, 0.2) is 0 Å². The number of nitrogens with two attached hydrogens (primary N) is 1. The zero-order valence-corrected chi connectivity index (χ0v) is 13.0. The Morgan fingerprint density at radius 1 is 1.40 bits per heavy atom. The van der Waals surface area contributed by atoms with E-state index in [4.69, 9.17) is 5.73 Å². The minimum atomic E-state index is -0.224. The second-order valence-corrected chi connectivity index (χ2v) is 6.54. The topological polar surface area (TPSA) is 58.4 Å². The van der Waals surface area contributed by atoms with Crippen molar-refractivity contribution >= 4 is 27.5 Å². The zero-order chi connectivity index (χ0) is 14.1. The van der Waals surface area contributed by atoms with E-state index in [1.54, 1.807) is 0 Å². The van der Waals surface area contributed by atoms with Crippen molar-refractivity contribution in [1.29, 1.82) is 0 Å². The Balaban J connectivity index is 1.73. The van der Waals surface area contributed by atoms with Gasteiger partial charge in [0.25, 0.3) is 0 Å². The van der Waals surface area contributed by atoms with Crippen LogP contribution in [0.1, 0.15) is 31.2 Å². The lowest BCUT2D eigenvalue weighted by Crippen LogP contribution is -2.40. The van der Waals surface area contributed by atoms with Crippen molar-refractivity contribution in [3.05, 3.63) is 28.2 Å². The van der Waals surface area contributed by atoms with Gasteiger partial charge in [-0.05, 0) is 43.4 Å². The molecule has 0 spiro atoms. The van der Waals surface area contributed by atoms with Gasteiger partial charge < -0.3 is 16.0 Å². The van der Waals surface area contributed by atoms with Crippen LogP contribution in [0.15, 0.2) is 22.7 Å². The predicted molar refractivity (Wildman–Crippen MR) is 83.6 cm³/mol. The Bertz CT molecular complexity index is 516. The highest BCUT2D eigenvalue weighted by atomic mass is 79.9. The molecule has 108 valence electrons. The molecule has 1 atom stereocenters. The summed E-state index contributed by atoms with van der Waals surface area (Å²) in [5, 5.41) is 3.51. The van der Waals surface area contributed by atoms with Gasteiger partial charge in [0.05, 0.1) is 0 Å². The molecule has 3 N–H and O–H groups in total. The summed E-state index contributed by atoms with van der Waals surface area (Å²) < 4.78 is 1.10. The lowest BCUT2D eigenvalue weighted by atomic mass is 10.1. The average Bonchev–Trinajstić information content (AvgIpc) is 3.11. The summed E-state index contributed by atoms with van der Waals surface area (Å²) >= 11 is 3.64. The molecular weight excluding hydrogens is 318 g/mol. The van der Waals surface area contributed by atoms with Crippen molar-refractivity contribution in [3.63, 3.8) is 0 Å². The van der Waals surface area contributed by atoms with Crippen LogP contribution in [0.5, 0.6) is 0 Å². The number of hydrogen-bond acceptors (Lipinski definition) is 3. The van der Waals surface area contributed by atoms with Gasteiger partial charge in [-0.2, -0.15) is 0 Å². The van der Waals surface area contributed by atoms with Crippen LogP contribution in [-0.2, 0) is 11.3 Å². The SMILES string of the molecule is NC(=O)C1CCCN1c1ccc(CNC2CC2)c(Br)c1. The van der Waals surface area contributed by atoms with Gasteiger partial charge in [-0.15, -0.1) is 0 Å². The third-order valence-corrected chi connectivity index (χ3v) is 4.85. The third-order valence-electron chi connectivity index (χ3n) is 4.11. The molecule has 1 saturated heterocycles. The highest BCUT2D eigenvalue weighted by Crippen LogP contribution is 2.30. The Kier molecular flexibility index (Phi) is 3.98. The van der Waals surface area contributed by atoms with E-state index in [2.05, 4.69) is 44.3 Å². The van der Waals surface area contributed by atoms with Gasteiger partial charge in [0.2, 0.25) is 5.91 Å². The summed E-state index contributed by atoms with van der Waals surface area (Å²) in [5.74, 6) is -0.224. The number of carbonyl (C=O) groups is 1. The number of nitrogens with one attached hydrogen (secondary N) is 1. The average molecular weight is 338 g/mol. The highest BCUT2D eigenvalue weighted by molar-refractivity contribution is 9.10. The Morgan fingerprint density at radius 3 is 2.85 bits per heavy atom. The van der Waals surface area contributed by atoms with Crippen LogP contribution >= 0.6 is 15.9 Å². The maximum absolute atomic E-state index is 11.5. The standard InChI is InChI=1S/C15H20BrN3O/c16-13-8-12(19-7-1-2-14(19)15(17)20)6-3-10(13)9-18-11-4-5-11/h3,6,8,11,14,18H,1-2,4-5,7,9H2,(H2,17,20). The fraction of sp³-hybridized carbons (Fsp3) is 0.533. The summed E-state index contributed by atoms with van der Waals surface area (Å²) in [7, 11) is 0. The summed E-state index contributed by atoms with van der Waals surface area (Å²) in [6, 6.07) is 6.88. The molecule has 2 aliphatic rings. The zero-order valence-electron chi connectivity index (χ0n) is 11.4. The first-order valence-electron chi connectivity index (χ1n) is 7.23. The van der Waals surface area contributed by atoms with E-state index in [9.17, 15) is 4.79 Å². The van der Waals surface area contributed by atoms with E-state index in [1.807, 2.05) is 0 Å². The van der Waals surface area contributed by atoms with Crippen molar-refractivity contribution in [1.82, 2.24) is 5.32 Å². The molecular formula is C15H20BrN3O. The quantitative estimate of drug-likeness (QED) is 0.865. The molecule has 20 heavy (non-hydrogen) atoms. The number of anilines is 1. The maximum Gasteiger partial charge on any atom is 0.240 e. The van der Waals surface area contributed by atoms with Crippen LogP contribution in [0, 0.1) is 0 Å². The van der Waals surface area contributed by atoms with E-state index < -0.39 is 0 Å². The first-order chi connectivity index (χ1) is 9.65. The minimum Gasteiger partial charge on any atom is -0.368 e. The normalized spacial score (nSPS) is 22.2. The van der Waals surface area contributed by atoms with Crippen LogP contribution in [-0.4, -0.2) is 24.5 Å². The molecule has 1 aliphatic carbocycles. The Hall–Kier alpha value is -1.07. The smallest absolute Gasteiger partial charge is 0.240 e. The predicted octanol–water partition coefficient (Wildman–Crippen LogP) is 2.16. The molecule has 5 heteroatoms. The second kappa shape index (κ2) is 5.74. The molecule has 2 fully saturated rings. The number of halogens is 1. The molecule has 3 rings (SSSR count). The number of amides is 1. The van der Waals surface area contributed by atoms with Crippen LogP contribution in [0.2, 0.25) is 0 Å². The third kappa shape index (κ3) is 2.99. The number of carbonyl (C=O) groups excluding carboxylic acids is 1. The van der Waals surface area contributed by atoms with Crippen molar-refractivity contribution in [3.8, 4) is 0 Å². The lowest BCUT2D eigenvalue weighted by molar-refractivity contribution is -0.119. The molecule has 1 amide bonds. The van der Waals surface area contributed by atoms with Gasteiger partial charge >= 0.3 is 0 Å². The van der Waals surface area contributed by atoms with Crippen molar-refractivity contribution < 1.29 is 4.79 Å². The second-order valence-electron chi connectivity index (χ2n) is 5.68. The summed E-state index contributed by atoms with van der Waals surface area (Å²) in [5.41, 5.74) is 7.82. The van der Waals surface area contributed by atoms with Crippen LogP contribution in [0.4, 0.5) is 5.69 Å². The maximum atomic E-state index is 11.5. The van der Waals surface area contributed by atoms with Crippen molar-refractivity contribution in [2.24, 2.45) is 5.73 Å². The fourth-order valence-electron chi connectivity index (χ4n) is 2.77. The molecule has 1 unspecified atom stereocenters. The van der Waals surface area contributed by atoms with Crippen LogP contribution in [0.3, 0.4) is 0 Å². The largest absolute Gasteiger partial charge is 0.368 e.